The summed E-state index contributed by atoms with van der Waals surface area (Å²) in [5, 5.41) is 2.56. The number of rotatable bonds is 7. The van der Waals surface area contributed by atoms with E-state index in [9.17, 15) is 13.2 Å². The van der Waals surface area contributed by atoms with Gasteiger partial charge >= 0.3 is 6.18 Å². The van der Waals surface area contributed by atoms with Crippen LogP contribution in [0, 0.1) is 0 Å². The summed E-state index contributed by atoms with van der Waals surface area (Å²) >= 11 is 0. The van der Waals surface area contributed by atoms with Gasteiger partial charge in [-0.25, -0.2) is 0 Å². The zero-order chi connectivity index (χ0) is 14.3. The van der Waals surface area contributed by atoms with Gasteiger partial charge in [-0.05, 0) is 36.9 Å². The first-order valence-corrected chi connectivity index (χ1v) is 6.88. The fourth-order valence-electron chi connectivity index (χ4n) is 1.97. The van der Waals surface area contributed by atoms with Gasteiger partial charge in [0.05, 0.1) is 0 Å². The lowest BCUT2D eigenvalue weighted by Crippen LogP contribution is -2.34. The molecule has 1 unspecified atom stereocenters. The first kappa shape index (κ1) is 16.0. The molecule has 1 rings (SSSR count). The van der Waals surface area contributed by atoms with Gasteiger partial charge in [-0.2, -0.15) is 13.2 Å². The molecule has 0 fully saturated rings. The second kappa shape index (κ2) is 7.53. The van der Waals surface area contributed by atoms with Crippen molar-refractivity contribution in [2.75, 3.05) is 6.54 Å². The van der Waals surface area contributed by atoms with Crippen LogP contribution in [0.5, 0.6) is 0 Å². The quantitative estimate of drug-likeness (QED) is 0.763. The molecular weight excluding hydrogens is 251 g/mol. The molecule has 0 spiro atoms. The maximum atomic E-state index is 13.0. The number of hydrogen-bond donors (Lipinski definition) is 1. The number of unbranched alkanes of at least 4 members (excludes halogenated alkanes) is 1. The Labute approximate surface area is 113 Å². The summed E-state index contributed by atoms with van der Waals surface area (Å²) in [6, 6.07) is 5.22. The van der Waals surface area contributed by atoms with Crippen LogP contribution in [0.1, 0.15) is 50.3 Å². The van der Waals surface area contributed by atoms with E-state index in [1.165, 1.54) is 0 Å². The lowest BCUT2D eigenvalue weighted by Gasteiger charge is -2.22. The van der Waals surface area contributed by atoms with Gasteiger partial charge in [0.2, 0.25) is 0 Å². The Kier molecular flexibility index (Phi) is 6.35. The third kappa shape index (κ3) is 5.23. The van der Waals surface area contributed by atoms with Crippen LogP contribution in [0.2, 0.25) is 0 Å². The molecule has 19 heavy (non-hydrogen) atoms. The Morgan fingerprint density at radius 3 is 2.16 bits per heavy atom. The van der Waals surface area contributed by atoms with Crippen molar-refractivity contribution in [2.24, 2.45) is 0 Å². The number of hydrogen-bond acceptors (Lipinski definition) is 1. The van der Waals surface area contributed by atoms with Crippen molar-refractivity contribution in [1.82, 2.24) is 5.32 Å². The Hall–Kier alpha value is -1.03. The van der Waals surface area contributed by atoms with Crippen LogP contribution in [-0.2, 0) is 6.42 Å². The van der Waals surface area contributed by atoms with Gasteiger partial charge in [0.25, 0.3) is 0 Å². The van der Waals surface area contributed by atoms with Gasteiger partial charge in [0, 0.05) is 0 Å². The van der Waals surface area contributed by atoms with Crippen molar-refractivity contribution < 1.29 is 13.2 Å². The molecule has 0 aromatic heterocycles. The predicted octanol–water partition coefficient (Wildman–Crippen LogP) is 4.63. The monoisotopic (exact) mass is 273 g/mol. The average molecular weight is 273 g/mol. The summed E-state index contributed by atoms with van der Waals surface area (Å²) in [6.07, 6.45) is -0.488. The van der Waals surface area contributed by atoms with Crippen molar-refractivity contribution in [2.45, 2.75) is 51.7 Å². The van der Waals surface area contributed by atoms with Crippen LogP contribution < -0.4 is 5.32 Å². The van der Waals surface area contributed by atoms with Gasteiger partial charge in [0.15, 0.2) is 0 Å². The van der Waals surface area contributed by atoms with Crippen LogP contribution in [-0.4, -0.2) is 12.7 Å². The number of aryl methyl sites for hydroxylation is 1. The van der Waals surface area contributed by atoms with Crippen molar-refractivity contribution in [1.29, 1.82) is 0 Å². The smallest absolute Gasteiger partial charge is 0.302 e. The largest absolute Gasteiger partial charge is 0.407 e. The van der Waals surface area contributed by atoms with Crippen molar-refractivity contribution in [3.05, 3.63) is 35.4 Å². The molecule has 0 aliphatic rings. The molecule has 1 aromatic rings. The molecule has 1 atom stereocenters. The molecule has 0 radical (unpaired) electrons. The minimum absolute atomic E-state index is 0.293. The fraction of sp³-hybridized carbons (Fsp3) is 0.600. The van der Waals surface area contributed by atoms with Gasteiger partial charge < -0.3 is 5.32 Å². The van der Waals surface area contributed by atoms with Crippen molar-refractivity contribution in [3.8, 4) is 0 Å². The SMILES string of the molecule is CCCCc1ccc(C(NCCC)C(F)(F)F)cc1. The van der Waals surface area contributed by atoms with Crippen LogP contribution in [0.4, 0.5) is 13.2 Å². The molecule has 0 saturated carbocycles. The minimum atomic E-state index is -4.25. The Morgan fingerprint density at radius 2 is 1.68 bits per heavy atom. The molecule has 4 heteroatoms. The van der Waals surface area contributed by atoms with E-state index in [2.05, 4.69) is 12.2 Å². The first-order valence-electron chi connectivity index (χ1n) is 6.88. The topological polar surface area (TPSA) is 12.0 Å². The van der Waals surface area contributed by atoms with Crippen molar-refractivity contribution in [3.63, 3.8) is 0 Å². The van der Waals surface area contributed by atoms with Crippen LogP contribution in [0.25, 0.3) is 0 Å². The highest BCUT2D eigenvalue weighted by atomic mass is 19.4. The predicted molar refractivity (Wildman–Crippen MR) is 72.1 cm³/mol. The molecular formula is C15H22F3N. The lowest BCUT2D eigenvalue weighted by atomic mass is 10.0. The van der Waals surface area contributed by atoms with E-state index >= 15 is 0 Å². The van der Waals surface area contributed by atoms with Gasteiger partial charge in [-0.3, -0.25) is 0 Å². The van der Waals surface area contributed by atoms with E-state index in [1.54, 1.807) is 24.3 Å². The maximum Gasteiger partial charge on any atom is 0.407 e. The summed E-state index contributed by atoms with van der Waals surface area (Å²) in [4.78, 5) is 0. The molecule has 0 bridgehead atoms. The highest BCUT2D eigenvalue weighted by Crippen LogP contribution is 2.32. The van der Waals surface area contributed by atoms with E-state index in [0.29, 0.717) is 18.5 Å². The normalized spacial score (nSPS) is 13.5. The second-order valence-electron chi connectivity index (χ2n) is 4.77. The molecule has 1 aromatic carbocycles. The molecule has 0 saturated heterocycles. The summed E-state index contributed by atoms with van der Waals surface area (Å²) < 4.78 is 38.9. The molecule has 0 amide bonds. The van der Waals surface area contributed by atoms with Crippen molar-refractivity contribution >= 4 is 0 Å². The Morgan fingerprint density at radius 1 is 1.05 bits per heavy atom. The number of benzene rings is 1. The summed E-state index contributed by atoms with van der Waals surface area (Å²) in [7, 11) is 0. The highest BCUT2D eigenvalue weighted by Gasteiger charge is 2.40. The van der Waals surface area contributed by atoms with Gasteiger partial charge in [-0.1, -0.05) is 44.5 Å². The lowest BCUT2D eigenvalue weighted by molar-refractivity contribution is -0.157. The molecule has 0 aliphatic carbocycles. The molecule has 0 heterocycles. The van der Waals surface area contributed by atoms with Crippen LogP contribution >= 0.6 is 0 Å². The van der Waals surface area contributed by atoms with E-state index in [1.807, 2.05) is 6.92 Å². The van der Waals surface area contributed by atoms with Crippen LogP contribution in [0.3, 0.4) is 0 Å². The van der Waals surface area contributed by atoms with E-state index < -0.39 is 12.2 Å². The molecule has 1 N–H and O–H groups in total. The summed E-state index contributed by atoms with van der Waals surface area (Å²) in [5.41, 5.74) is 1.39. The molecule has 1 nitrogen and oxygen atoms in total. The minimum Gasteiger partial charge on any atom is -0.302 e. The summed E-state index contributed by atoms with van der Waals surface area (Å²) in [5.74, 6) is 0. The van der Waals surface area contributed by atoms with E-state index in [4.69, 9.17) is 0 Å². The Bertz CT molecular complexity index is 357. The molecule has 0 aliphatic heterocycles. The van der Waals surface area contributed by atoms with Crippen LogP contribution in [0.15, 0.2) is 24.3 Å². The third-order valence-corrected chi connectivity index (χ3v) is 3.06. The number of halogens is 3. The van der Waals surface area contributed by atoms with E-state index in [0.717, 1.165) is 24.8 Å². The Balaban J connectivity index is 2.79. The second-order valence-corrected chi connectivity index (χ2v) is 4.77. The standard InChI is InChI=1S/C15H22F3N/c1-3-5-6-12-7-9-13(10-8-12)14(15(16,17)18)19-11-4-2/h7-10,14,19H,3-6,11H2,1-2H3. The number of nitrogens with one attached hydrogen (secondary N) is 1. The maximum absolute atomic E-state index is 13.0. The zero-order valence-corrected chi connectivity index (χ0v) is 11.6. The first-order chi connectivity index (χ1) is 8.99. The summed E-state index contributed by atoms with van der Waals surface area (Å²) in [6.45, 7) is 4.32. The highest BCUT2D eigenvalue weighted by molar-refractivity contribution is 5.26. The molecule has 108 valence electrons. The number of alkyl halides is 3. The fourth-order valence-corrected chi connectivity index (χ4v) is 1.97. The van der Waals surface area contributed by atoms with Gasteiger partial charge in [0.1, 0.15) is 6.04 Å². The van der Waals surface area contributed by atoms with Gasteiger partial charge in [-0.15, -0.1) is 0 Å². The average Bonchev–Trinajstić information content (AvgIpc) is 2.36. The third-order valence-electron chi connectivity index (χ3n) is 3.06. The zero-order valence-electron chi connectivity index (χ0n) is 11.6. The van der Waals surface area contributed by atoms with E-state index in [-0.39, 0.29) is 0 Å².